The zero-order chi connectivity index (χ0) is 33.0. The lowest BCUT2D eigenvalue weighted by molar-refractivity contribution is -0.142. The first-order valence-corrected chi connectivity index (χ1v) is 15.4. The quantitative estimate of drug-likeness (QED) is 0.299. The topological polar surface area (TPSA) is 136 Å². The van der Waals surface area contributed by atoms with Crippen LogP contribution in [-0.4, -0.2) is 59.8 Å². The molecule has 1 aliphatic heterocycles. The van der Waals surface area contributed by atoms with Crippen molar-refractivity contribution in [1.82, 2.24) is 24.4 Å². The van der Waals surface area contributed by atoms with Gasteiger partial charge in [-0.25, -0.2) is 18.7 Å². The minimum atomic E-state index is -1.79. The lowest BCUT2D eigenvalue weighted by atomic mass is 9.69. The summed E-state index contributed by atoms with van der Waals surface area (Å²) in [5.41, 5.74) is 3.35. The Morgan fingerprint density at radius 3 is 2.51 bits per heavy atom. The lowest BCUT2D eigenvalue weighted by Gasteiger charge is -2.43. The number of carbonyl (C=O) groups is 1. The van der Waals surface area contributed by atoms with Gasteiger partial charge in [0.1, 0.15) is 23.6 Å². The van der Waals surface area contributed by atoms with Gasteiger partial charge in [0.05, 0.1) is 18.3 Å². The van der Waals surface area contributed by atoms with Crippen LogP contribution in [0.15, 0.2) is 84.3 Å². The second-order valence-electron chi connectivity index (χ2n) is 12.2. The summed E-state index contributed by atoms with van der Waals surface area (Å²) in [6.07, 6.45) is 6.69. The van der Waals surface area contributed by atoms with Crippen molar-refractivity contribution in [3.05, 3.63) is 107 Å². The molecule has 3 heterocycles. The number of alkyl halides is 1. The number of nitrogen functional groups attached to an aromatic ring is 1. The Morgan fingerprint density at radius 2 is 1.81 bits per heavy atom. The molecule has 47 heavy (non-hydrogen) atoms. The van der Waals surface area contributed by atoms with E-state index in [0.717, 1.165) is 5.56 Å². The normalized spacial score (nSPS) is 22.1. The Hall–Kier alpha value is -5.15. The Kier molecular flexibility index (Phi) is 9.00. The Bertz CT molecular complexity index is 1840. The first-order chi connectivity index (χ1) is 22.6. The van der Waals surface area contributed by atoms with Crippen LogP contribution in [0.5, 0.6) is 11.6 Å². The molecule has 3 atom stereocenters. The molecule has 2 aromatic carbocycles. The number of hydrogen-bond donors (Lipinski definition) is 2. The number of anilines is 1. The van der Waals surface area contributed by atoms with E-state index in [2.05, 4.69) is 26.8 Å². The number of halogens is 2. The summed E-state index contributed by atoms with van der Waals surface area (Å²) in [5, 5.41) is 11.4. The molecule has 10 nitrogen and oxygen atoms in total. The van der Waals surface area contributed by atoms with E-state index in [1.54, 1.807) is 4.90 Å². The molecule has 242 valence electrons. The number of likely N-dealkylation sites (tertiary alicyclic amines) is 1. The van der Waals surface area contributed by atoms with Crippen LogP contribution in [0.2, 0.25) is 0 Å². The maximum Gasteiger partial charge on any atom is 0.280 e. The van der Waals surface area contributed by atoms with Crippen molar-refractivity contribution in [3.8, 4) is 23.5 Å². The summed E-state index contributed by atoms with van der Waals surface area (Å²) in [5.74, 6) is 4.36. The minimum Gasteiger partial charge on any atom is -0.437 e. The van der Waals surface area contributed by atoms with Crippen LogP contribution in [0.3, 0.4) is 0 Å². The summed E-state index contributed by atoms with van der Waals surface area (Å²) < 4.78 is 36.1. The van der Waals surface area contributed by atoms with E-state index in [1.807, 2.05) is 30.3 Å². The number of nitrogens with zero attached hydrogens (tertiary/aromatic N) is 5. The highest BCUT2D eigenvalue weighted by Crippen LogP contribution is 2.45. The SMILES string of the molecule is Nc1c(Oc2ccc(F)cc2)ncn(CC2(O)CCN(C(=O)[C@@H]3CC[C@@](F)(C#Cc4cnccn4)C[C@H]3c3ccccc3)CC2)c1=O. The molecule has 1 amide bonds. The highest BCUT2D eigenvalue weighted by Gasteiger charge is 2.46. The van der Waals surface area contributed by atoms with Crippen molar-refractivity contribution in [2.75, 3.05) is 18.8 Å². The maximum absolute atomic E-state index is 16.1. The summed E-state index contributed by atoms with van der Waals surface area (Å²) in [4.78, 5) is 40.9. The molecule has 0 radical (unpaired) electrons. The minimum absolute atomic E-state index is 0.0661. The molecule has 1 saturated heterocycles. The number of aromatic nitrogens is 4. The van der Waals surface area contributed by atoms with E-state index in [1.165, 1.54) is 53.8 Å². The standard InChI is InChI=1S/C35H34F2N6O4/c36-25-6-8-27(9-7-25)47-31-30(38)33(45)43(23-41-31)22-35(46)14-18-42(19-15-35)32(44)28-11-13-34(37,12-10-26-21-39-16-17-40-26)20-29(28)24-4-2-1-3-5-24/h1-9,16-17,21,23,28-29,46H,11,13-15,18-20,22,38H2/t28-,29+,34+/m1/s1. The van der Waals surface area contributed by atoms with Crippen molar-refractivity contribution >= 4 is 11.6 Å². The van der Waals surface area contributed by atoms with Crippen LogP contribution in [0.25, 0.3) is 0 Å². The smallest absolute Gasteiger partial charge is 0.280 e. The molecule has 4 aromatic rings. The molecule has 12 heteroatoms. The second-order valence-corrected chi connectivity index (χ2v) is 12.2. The Balaban J connectivity index is 1.12. The number of carbonyl (C=O) groups excluding carboxylic acids is 1. The lowest BCUT2D eigenvalue weighted by Crippen LogP contribution is -2.52. The number of nitrogens with two attached hydrogens (primary N) is 1. The fourth-order valence-electron chi connectivity index (χ4n) is 6.33. The molecule has 1 aliphatic carbocycles. The zero-order valence-corrected chi connectivity index (χ0v) is 25.6. The van der Waals surface area contributed by atoms with Gasteiger partial charge in [-0.3, -0.25) is 19.1 Å². The Morgan fingerprint density at radius 1 is 1.06 bits per heavy atom. The van der Waals surface area contributed by atoms with Gasteiger partial charge in [-0.2, -0.15) is 0 Å². The van der Waals surface area contributed by atoms with E-state index in [0.29, 0.717) is 12.1 Å². The van der Waals surface area contributed by atoms with Crippen LogP contribution in [-0.2, 0) is 11.3 Å². The third-order valence-electron chi connectivity index (χ3n) is 8.94. The summed E-state index contributed by atoms with van der Waals surface area (Å²) in [6.45, 7) is 0.459. The number of aliphatic hydroxyl groups is 1. The predicted octanol–water partition coefficient (Wildman–Crippen LogP) is 4.24. The third-order valence-corrected chi connectivity index (χ3v) is 8.94. The van der Waals surface area contributed by atoms with E-state index in [4.69, 9.17) is 10.5 Å². The average molecular weight is 641 g/mol. The van der Waals surface area contributed by atoms with Crippen LogP contribution in [0.4, 0.5) is 14.5 Å². The maximum atomic E-state index is 16.1. The van der Waals surface area contributed by atoms with Crippen LogP contribution in [0, 0.1) is 23.6 Å². The molecule has 0 unspecified atom stereocenters. The van der Waals surface area contributed by atoms with Crippen molar-refractivity contribution in [1.29, 1.82) is 0 Å². The molecular formula is C35H34F2N6O4. The summed E-state index contributed by atoms with van der Waals surface area (Å²) in [7, 11) is 0. The average Bonchev–Trinajstić information content (AvgIpc) is 3.09. The molecule has 1 saturated carbocycles. The molecular weight excluding hydrogens is 606 g/mol. The highest BCUT2D eigenvalue weighted by atomic mass is 19.1. The first-order valence-electron chi connectivity index (χ1n) is 15.4. The van der Waals surface area contributed by atoms with Gasteiger partial charge in [0.2, 0.25) is 11.8 Å². The van der Waals surface area contributed by atoms with E-state index >= 15 is 4.39 Å². The number of ether oxygens (including phenoxy) is 1. The number of hydrogen-bond acceptors (Lipinski definition) is 8. The number of benzene rings is 2. The molecule has 6 rings (SSSR count). The summed E-state index contributed by atoms with van der Waals surface area (Å²) >= 11 is 0. The van der Waals surface area contributed by atoms with Crippen LogP contribution in [0.1, 0.15) is 49.3 Å². The van der Waals surface area contributed by atoms with Gasteiger partial charge < -0.3 is 20.5 Å². The van der Waals surface area contributed by atoms with E-state index < -0.39 is 28.6 Å². The van der Waals surface area contributed by atoms with E-state index in [-0.39, 0.29) is 74.5 Å². The molecule has 2 fully saturated rings. The van der Waals surface area contributed by atoms with E-state index in [9.17, 15) is 19.1 Å². The van der Waals surface area contributed by atoms with Gasteiger partial charge in [0.25, 0.3) is 5.56 Å². The molecule has 3 N–H and O–H groups in total. The third kappa shape index (κ3) is 7.31. The van der Waals surface area contributed by atoms with Crippen molar-refractivity contribution in [3.63, 3.8) is 0 Å². The number of amides is 1. The monoisotopic (exact) mass is 640 g/mol. The number of piperidine rings is 1. The molecule has 0 bridgehead atoms. The largest absolute Gasteiger partial charge is 0.437 e. The predicted molar refractivity (Wildman–Crippen MR) is 169 cm³/mol. The van der Waals surface area contributed by atoms with Crippen molar-refractivity contribution in [2.24, 2.45) is 5.92 Å². The first kappa shape index (κ1) is 31.8. The molecule has 2 aromatic heterocycles. The summed E-state index contributed by atoms with van der Waals surface area (Å²) in [6, 6.07) is 14.7. The van der Waals surface area contributed by atoms with Gasteiger partial charge in [0, 0.05) is 37.8 Å². The van der Waals surface area contributed by atoms with Gasteiger partial charge in [-0.15, -0.1) is 0 Å². The van der Waals surface area contributed by atoms with Crippen molar-refractivity contribution < 1.29 is 23.4 Å². The van der Waals surface area contributed by atoms with Crippen LogP contribution < -0.4 is 16.0 Å². The van der Waals surface area contributed by atoms with Crippen molar-refractivity contribution in [2.45, 2.75) is 55.8 Å². The fraction of sp³-hybridized carbons (Fsp3) is 0.343. The second kappa shape index (κ2) is 13.3. The fourth-order valence-corrected chi connectivity index (χ4v) is 6.33. The van der Waals surface area contributed by atoms with Gasteiger partial charge in [0.15, 0.2) is 11.4 Å². The van der Waals surface area contributed by atoms with Crippen LogP contribution >= 0.6 is 0 Å². The molecule has 0 spiro atoms. The molecule has 2 aliphatic rings. The zero-order valence-electron chi connectivity index (χ0n) is 25.6. The number of rotatable bonds is 6. The van der Waals surface area contributed by atoms with Gasteiger partial charge >= 0.3 is 0 Å². The highest BCUT2D eigenvalue weighted by molar-refractivity contribution is 5.80. The van der Waals surface area contributed by atoms with Gasteiger partial charge in [-0.1, -0.05) is 36.3 Å². The Labute approximate surface area is 270 Å². The van der Waals surface area contributed by atoms with Gasteiger partial charge in [-0.05, 0) is 67.4 Å².